The van der Waals surface area contributed by atoms with Gasteiger partial charge in [-0.3, -0.25) is 0 Å². The van der Waals surface area contributed by atoms with Crippen molar-refractivity contribution in [1.29, 1.82) is 0 Å². The van der Waals surface area contributed by atoms with Crippen LogP contribution in [-0.2, 0) is 4.74 Å². The Labute approximate surface area is 187 Å². The molecule has 3 rings (SSSR count). The molecule has 3 aliphatic carbocycles. The lowest BCUT2D eigenvalue weighted by molar-refractivity contribution is 0.0861. The lowest BCUT2D eigenvalue weighted by Crippen LogP contribution is -2.35. The van der Waals surface area contributed by atoms with Crippen molar-refractivity contribution in [3.8, 4) is 0 Å². The fourth-order valence-electron chi connectivity index (χ4n) is 5.41. The molecule has 0 aliphatic heterocycles. The molecule has 3 nitrogen and oxygen atoms in total. The van der Waals surface area contributed by atoms with Crippen LogP contribution in [0.25, 0.3) is 0 Å². The van der Waals surface area contributed by atoms with Gasteiger partial charge in [0.15, 0.2) is 0 Å². The summed E-state index contributed by atoms with van der Waals surface area (Å²) in [5.74, 6) is 0.866. The number of hydrogen-bond acceptors (Lipinski definition) is 4. The molecule has 0 aromatic rings. The van der Waals surface area contributed by atoms with Crippen molar-refractivity contribution in [3.05, 3.63) is 47.1 Å². The first-order valence-corrected chi connectivity index (χ1v) is 11.8. The Kier molecular flexibility index (Phi) is 7.55. The van der Waals surface area contributed by atoms with E-state index in [1.54, 1.807) is 0 Å². The van der Waals surface area contributed by atoms with Crippen molar-refractivity contribution in [3.63, 3.8) is 0 Å². The average molecular weight is 431 g/mol. The van der Waals surface area contributed by atoms with Crippen molar-refractivity contribution in [2.45, 2.75) is 84.5 Å². The molecule has 0 unspecified atom stereocenters. The topological polar surface area (TPSA) is 49.7 Å². The largest absolute Gasteiger partial charge is 0.393 e. The summed E-state index contributed by atoms with van der Waals surface area (Å²) in [7, 11) is 0. The lowest BCUT2D eigenvalue weighted by Gasteiger charge is -2.42. The summed E-state index contributed by atoms with van der Waals surface area (Å²) in [6, 6.07) is 0. The van der Waals surface area contributed by atoms with Gasteiger partial charge in [0.1, 0.15) is 0 Å². The minimum absolute atomic E-state index is 0.0813. The maximum atomic E-state index is 10.1. The first-order chi connectivity index (χ1) is 14.1. The van der Waals surface area contributed by atoms with Crippen LogP contribution in [0.15, 0.2) is 47.1 Å². The normalized spacial score (nSPS) is 35.6. The van der Waals surface area contributed by atoms with Gasteiger partial charge in [-0.25, -0.2) is 0 Å². The smallest absolute Gasteiger partial charge is 0.0811 e. The quantitative estimate of drug-likeness (QED) is 0.433. The Balaban J connectivity index is 1.73. The van der Waals surface area contributed by atoms with Gasteiger partial charge in [-0.05, 0) is 73.0 Å². The summed E-state index contributed by atoms with van der Waals surface area (Å²) in [4.78, 5) is 0.982. The monoisotopic (exact) mass is 430 g/mol. The molecule has 0 saturated heterocycles. The minimum atomic E-state index is -0.635. The van der Waals surface area contributed by atoms with Crippen LogP contribution < -0.4 is 0 Å². The van der Waals surface area contributed by atoms with E-state index in [1.165, 1.54) is 24.0 Å². The molecule has 4 heteroatoms. The fourth-order valence-corrected chi connectivity index (χ4v) is 5.48. The molecule has 0 spiro atoms. The maximum absolute atomic E-state index is 10.1. The van der Waals surface area contributed by atoms with Crippen LogP contribution in [-0.4, -0.2) is 40.0 Å². The third-order valence-electron chi connectivity index (χ3n) is 7.43. The molecule has 30 heavy (non-hydrogen) atoms. The Morgan fingerprint density at radius 2 is 2.07 bits per heavy atom. The van der Waals surface area contributed by atoms with E-state index in [2.05, 4.69) is 52.5 Å². The zero-order valence-corrected chi connectivity index (χ0v) is 19.8. The SMILES string of the molecule is C=C1C(=CC=C2CCC[C@]3(C)C([C@H](C)OCC(=S)C(C)C)=CC[C@@H]23)C[C@@H](O)C[C@@H]1O. The van der Waals surface area contributed by atoms with Crippen LogP contribution in [0.4, 0.5) is 0 Å². The minimum Gasteiger partial charge on any atom is -0.393 e. The maximum Gasteiger partial charge on any atom is 0.0811 e. The highest BCUT2D eigenvalue weighted by atomic mass is 32.1. The number of thiocarbonyl (C=S) groups is 1. The second-order valence-corrected chi connectivity index (χ2v) is 10.4. The van der Waals surface area contributed by atoms with Gasteiger partial charge >= 0.3 is 0 Å². The standard InChI is InChI=1S/C26H38O3S/c1-16(2)25(30)15-29-18(4)22-10-11-23-19(7-6-12-26(22,23)5)8-9-20-13-21(27)14-24(28)17(20)3/h8-10,16,18,21,23-24,27-28H,3,6-7,11-15H2,1-2,4-5H3/t18-,21+,23-,24-,26+/m0/s1. The zero-order valence-electron chi connectivity index (χ0n) is 19.0. The van der Waals surface area contributed by atoms with Crippen molar-refractivity contribution >= 4 is 17.1 Å². The molecule has 5 atom stereocenters. The third-order valence-corrected chi connectivity index (χ3v) is 8.02. The summed E-state index contributed by atoms with van der Waals surface area (Å²) in [6.07, 6.45) is 11.2. The van der Waals surface area contributed by atoms with Crippen LogP contribution in [0.3, 0.4) is 0 Å². The lowest BCUT2D eigenvalue weighted by atomic mass is 9.63. The fraction of sp³-hybridized carbons (Fsp3) is 0.654. The van der Waals surface area contributed by atoms with Crippen LogP contribution in [0.5, 0.6) is 0 Å². The van der Waals surface area contributed by atoms with Gasteiger partial charge in [-0.15, -0.1) is 0 Å². The molecule has 0 heterocycles. The summed E-state index contributed by atoms with van der Waals surface area (Å²) < 4.78 is 6.18. The van der Waals surface area contributed by atoms with Crippen molar-refractivity contribution in [2.24, 2.45) is 17.3 Å². The second-order valence-electron chi connectivity index (χ2n) is 9.86. The predicted molar refractivity (Wildman–Crippen MR) is 128 cm³/mol. The summed E-state index contributed by atoms with van der Waals surface area (Å²) in [5, 5.41) is 20.1. The molecule has 0 aromatic heterocycles. The highest BCUT2D eigenvalue weighted by Gasteiger charge is 2.46. The van der Waals surface area contributed by atoms with Crippen molar-refractivity contribution in [1.82, 2.24) is 0 Å². The first-order valence-electron chi connectivity index (χ1n) is 11.4. The van der Waals surface area contributed by atoms with Gasteiger partial charge < -0.3 is 14.9 Å². The van der Waals surface area contributed by atoms with E-state index in [9.17, 15) is 10.2 Å². The summed E-state index contributed by atoms with van der Waals surface area (Å²) >= 11 is 5.45. The number of rotatable bonds is 6. The molecule has 0 aromatic carbocycles. The Bertz CT molecular complexity index is 775. The van der Waals surface area contributed by atoms with Gasteiger partial charge in [-0.1, -0.05) is 63.4 Å². The molecule has 0 radical (unpaired) electrons. The molecule has 2 fully saturated rings. The third kappa shape index (κ3) is 4.88. The number of hydrogen-bond donors (Lipinski definition) is 2. The number of aliphatic hydroxyl groups excluding tert-OH is 2. The summed E-state index contributed by atoms with van der Waals surface area (Å²) in [5.41, 5.74) is 4.75. The molecule has 2 saturated carbocycles. The van der Waals surface area contributed by atoms with Crippen molar-refractivity contribution in [2.75, 3.05) is 6.61 Å². The van der Waals surface area contributed by atoms with E-state index in [1.807, 2.05) is 0 Å². The molecule has 2 N–H and O–H groups in total. The van der Waals surface area contributed by atoms with E-state index in [4.69, 9.17) is 17.0 Å². The number of fused-ring (bicyclic) bond motifs is 1. The van der Waals surface area contributed by atoms with Gasteiger partial charge in [-0.2, -0.15) is 0 Å². The predicted octanol–water partition coefficient (Wildman–Crippen LogP) is 5.48. The van der Waals surface area contributed by atoms with Crippen LogP contribution in [0.1, 0.15) is 66.2 Å². The Morgan fingerprint density at radius 1 is 1.33 bits per heavy atom. The van der Waals surface area contributed by atoms with E-state index < -0.39 is 12.2 Å². The first kappa shape index (κ1) is 23.6. The molecular weight excluding hydrogens is 392 g/mol. The van der Waals surface area contributed by atoms with E-state index >= 15 is 0 Å². The van der Waals surface area contributed by atoms with Gasteiger partial charge in [0.25, 0.3) is 0 Å². The molecule has 166 valence electrons. The van der Waals surface area contributed by atoms with Crippen LogP contribution in [0, 0.1) is 17.3 Å². The van der Waals surface area contributed by atoms with Crippen molar-refractivity contribution < 1.29 is 14.9 Å². The van der Waals surface area contributed by atoms with E-state index in [0.717, 1.165) is 28.9 Å². The highest BCUT2D eigenvalue weighted by molar-refractivity contribution is 7.80. The Morgan fingerprint density at radius 3 is 2.77 bits per heavy atom. The zero-order chi connectivity index (χ0) is 22.1. The van der Waals surface area contributed by atoms with Crippen LogP contribution >= 0.6 is 12.2 Å². The molecule has 3 aliphatic rings. The van der Waals surface area contributed by atoms with Gasteiger partial charge in [0.05, 0.1) is 24.9 Å². The number of ether oxygens (including phenoxy) is 1. The highest BCUT2D eigenvalue weighted by Crippen LogP contribution is 2.55. The Hall–Kier alpha value is -1.07. The average Bonchev–Trinajstić information content (AvgIpc) is 3.04. The van der Waals surface area contributed by atoms with E-state index in [0.29, 0.717) is 31.3 Å². The van der Waals surface area contributed by atoms with E-state index in [-0.39, 0.29) is 11.5 Å². The molecule has 0 amide bonds. The second kappa shape index (κ2) is 9.60. The molecule has 0 bridgehead atoms. The number of aliphatic hydroxyl groups is 2. The van der Waals surface area contributed by atoms with Crippen LogP contribution in [0.2, 0.25) is 0 Å². The number of allylic oxidation sites excluding steroid dienone is 4. The van der Waals surface area contributed by atoms with Gasteiger partial charge in [0, 0.05) is 11.3 Å². The summed E-state index contributed by atoms with van der Waals surface area (Å²) in [6.45, 7) is 13.4. The van der Waals surface area contributed by atoms with Gasteiger partial charge in [0.2, 0.25) is 0 Å². The molecular formula is C26H38O3S.